The highest BCUT2D eigenvalue weighted by Gasteiger charge is 2.33. The van der Waals surface area contributed by atoms with Crippen LogP contribution in [0.4, 0.5) is 11.4 Å². The van der Waals surface area contributed by atoms with Crippen molar-refractivity contribution in [2.75, 3.05) is 24.1 Å². The molecule has 1 unspecified atom stereocenters. The Morgan fingerprint density at radius 3 is 2.21 bits per heavy atom. The lowest BCUT2D eigenvalue weighted by molar-refractivity contribution is -0.141. The first-order valence-electron chi connectivity index (χ1n) is 13.3. The molecule has 4 N–H and O–H groups in total. The summed E-state index contributed by atoms with van der Waals surface area (Å²) in [6.07, 6.45) is -0.0517. The van der Waals surface area contributed by atoms with Crippen LogP contribution in [-0.2, 0) is 26.0 Å². The maximum atomic E-state index is 13.4. The second-order valence-electron chi connectivity index (χ2n) is 9.63. The first-order chi connectivity index (χ1) is 20.0. The lowest BCUT2D eigenvalue weighted by Gasteiger charge is -2.25. The number of halogens is 1. The number of carbonyl (C=O) groups is 3. The Morgan fingerprint density at radius 1 is 0.881 bits per heavy atom. The molecule has 3 amide bonds. The molecular weight excluding hydrogens is 576 g/mol. The van der Waals surface area contributed by atoms with Crippen molar-refractivity contribution in [2.45, 2.75) is 25.2 Å². The highest BCUT2D eigenvalue weighted by atomic mass is 35.5. The van der Waals surface area contributed by atoms with Gasteiger partial charge in [0, 0.05) is 29.5 Å². The SMILES string of the molecule is CCN(CC)C(=O)C(Cc1ccc(NC(=O)c2cc(Cl)ccc2N)cc1)C(=O)NS(=O)(=O)c1ccc2ccccc2c1. The summed E-state index contributed by atoms with van der Waals surface area (Å²) in [7, 11) is -4.25. The summed E-state index contributed by atoms with van der Waals surface area (Å²) in [4.78, 5) is 40.8. The molecule has 0 saturated heterocycles. The summed E-state index contributed by atoms with van der Waals surface area (Å²) in [5.41, 5.74) is 7.45. The van der Waals surface area contributed by atoms with Crippen LogP contribution in [0.3, 0.4) is 0 Å². The Kier molecular flexibility index (Phi) is 9.49. The molecule has 0 bridgehead atoms. The number of hydrogen-bond donors (Lipinski definition) is 3. The number of fused-ring (bicyclic) bond motifs is 1. The number of sulfonamides is 1. The maximum absolute atomic E-state index is 13.4. The van der Waals surface area contributed by atoms with E-state index >= 15 is 0 Å². The van der Waals surface area contributed by atoms with Gasteiger partial charge in [0.05, 0.1) is 10.5 Å². The molecule has 0 aliphatic carbocycles. The van der Waals surface area contributed by atoms with E-state index in [-0.39, 0.29) is 22.6 Å². The van der Waals surface area contributed by atoms with Crippen LogP contribution in [-0.4, -0.2) is 44.1 Å². The number of amides is 3. The first kappa shape index (κ1) is 30.5. The summed E-state index contributed by atoms with van der Waals surface area (Å²) in [6.45, 7) is 4.28. The molecule has 0 heterocycles. The Bertz CT molecular complexity index is 1740. The molecule has 11 heteroatoms. The van der Waals surface area contributed by atoms with Crippen molar-refractivity contribution in [3.63, 3.8) is 0 Å². The van der Waals surface area contributed by atoms with Crippen LogP contribution in [0.5, 0.6) is 0 Å². The smallest absolute Gasteiger partial charge is 0.264 e. The number of hydrogen-bond acceptors (Lipinski definition) is 6. The highest BCUT2D eigenvalue weighted by Crippen LogP contribution is 2.22. The van der Waals surface area contributed by atoms with Crippen molar-refractivity contribution in [3.8, 4) is 0 Å². The van der Waals surface area contributed by atoms with Gasteiger partial charge >= 0.3 is 0 Å². The highest BCUT2D eigenvalue weighted by molar-refractivity contribution is 7.90. The fourth-order valence-electron chi connectivity index (χ4n) is 4.53. The van der Waals surface area contributed by atoms with Gasteiger partial charge in [-0.25, -0.2) is 13.1 Å². The van der Waals surface area contributed by atoms with Crippen molar-refractivity contribution < 1.29 is 22.8 Å². The lowest BCUT2D eigenvalue weighted by Crippen LogP contribution is -2.46. The topological polar surface area (TPSA) is 139 Å². The molecule has 218 valence electrons. The van der Waals surface area contributed by atoms with E-state index in [9.17, 15) is 22.8 Å². The van der Waals surface area contributed by atoms with Crippen molar-refractivity contribution in [3.05, 3.63) is 101 Å². The zero-order valence-corrected chi connectivity index (χ0v) is 24.7. The maximum Gasteiger partial charge on any atom is 0.264 e. The van der Waals surface area contributed by atoms with Crippen LogP contribution < -0.4 is 15.8 Å². The number of anilines is 2. The molecule has 42 heavy (non-hydrogen) atoms. The molecule has 9 nitrogen and oxygen atoms in total. The van der Waals surface area contributed by atoms with Gasteiger partial charge in [0.2, 0.25) is 11.8 Å². The van der Waals surface area contributed by atoms with E-state index in [0.29, 0.717) is 34.7 Å². The van der Waals surface area contributed by atoms with E-state index in [4.69, 9.17) is 17.3 Å². The number of benzene rings is 4. The van der Waals surface area contributed by atoms with Gasteiger partial charge in [-0.2, -0.15) is 0 Å². The monoisotopic (exact) mass is 606 g/mol. The van der Waals surface area contributed by atoms with Gasteiger partial charge in [0.15, 0.2) is 0 Å². The summed E-state index contributed by atoms with van der Waals surface area (Å²) in [6, 6.07) is 23.0. The summed E-state index contributed by atoms with van der Waals surface area (Å²) < 4.78 is 28.5. The standard InChI is InChI=1S/C31H31ClN4O5S/c1-3-36(4-2)31(39)27(30(38)35-42(40,41)25-15-11-21-7-5-6-8-22(21)18-25)17-20-9-13-24(14-10-20)34-29(37)26-19-23(32)12-16-28(26)33/h5-16,18-19,27H,3-4,17,33H2,1-2H3,(H,34,37)(H,35,38). The molecule has 4 aromatic carbocycles. The average Bonchev–Trinajstić information content (AvgIpc) is 2.97. The second-order valence-corrected chi connectivity index (χ2v) is 11.7. The molecule has 0 aliphatic heterocycles. The molecule has 0 aliphatic rings. The van der Waals surface area contributed by atoms with Crippen LogP contribution in [0, 0.1) is 5.92 Å². The summed E-state index contributed by atoms with van der Waals surface area (Å²) in [5.74, 6) is -3.16. The van der Waals surface area contributed by atoms with Crippen molar-refractivity contribution in [2.24, 2.45) is 5.92 Å². The fourth-order valence-corrected chi connectivity index (χ4v) is 5.75. The molecule has 0 radical (unpaired) electrons. The van der Waals surface area contributed by atoms with Crippen molar-refractivity contribution in [1.29, 1.82) is 0 Å². The molecule has 0 saturated carbocycles. The minimum atomic E-state index is -4.25. The number of rotatable bonds is 10. The number of carbonyl (C=O) groups excluding carboxylic acids is 3. The van der Waals surface area contributed by atoms with Gasteiger partial charge in [-0.05, 0) is 79.1 Å². The van der Waals surface area contributed by atoms with Gasteiger partial charge in [-0.15, -0.1) is 0 Å². The molecule has 0 fully saturated rings. The zero-order chi connectivity index (χ0) is 30.4. The van der Waals surface area contributed by atoms with Gasteiger partial charge < -0.3 is 16.0 Å². The van der Waals surface area contributed by atoms with E-state index in [2.05, 4.69) is 10.0 Å². The van der Waals surface area contributed by atoms with Crippen LogP contribution >= 0.6 is 11.6 Å². The molecule has 4 rings (SSSR count). The first-order valence-corrected chi connectivity index (χ1v) is 15.2. The van der Waals surface area contributed by atoms with E-state index in [1.54, 1.807) is 68.4 Å². The quantitative estimate of drug-likeness (QED) is 0.174. The second kappa shape index (κ2) is 13.1. The largest absolute Gasteiger partial charge is 0.398 e. The number of nitrogens with zero attached hydrogens (tertiary/aromatic N) is 1. The van der Waals surface area contributed by atoms with Crippen LogP contribution in [0.1, 0.15) is 29.8 Å². The van der Waals surface area contributed by atoms with Crippen LogP contribution in [0.15, 0.2) is 89.8 Å². The Labute approximate surface area is 249 Å². The Balaban J connectivity index is 1.54. The number of nitrogens with two attached hydrogens (primary N) is 1. The minimum Gasteiger partial charge on any atom is -0.398 e. The Hall–Kier alpha value is -4.41. The predicted octanol–water partition coefficient (Wildman–Crippen LogP) is 4.86. The summed E-state index contributed by atoms with van der Waals surface area (Å²) >= 11 is 5.99. The number of nitrogens with one attached hydrogen (secondary N) is 2. The van der Waals surface area contributed by atoms with E-state index < -0.39 is 33.7 Å². The average molecular weight is 607 g/mol. The van der Waals surface area contributed by atoms with E-state index in [1.165, 1.54) is 23.1 Å². The third-order valence-electron chi connectivity index (χ3n) is 6.87. The van der Waals surface area contributed by atoms with E-state index in [1.807, 2.05) is 12.1 Å². The number of nitrogen functional groups attached to an aromatic ring is 1. The van der Waals surface area contributed by atoms with Crippen LogP contribution in [0.25, 0.3) is 10.8 Å². The van der Waals surface area contributed by atoms with Crippen molar-refractivity contribution in [1.82, 2.24) is 9.62 Å². The van der Waals surface area contributed by atoms with Gasteiger partial charge in [-0.3, -0.25) is 14.4 Å². The summed E-state index contributed by atoms with van der Waals surface area (Å²) in [5, 5.41) is 4.67. The predicted molar refractivity (Wildman–Crippen MR) is 165 cm³/mol. The van der Waals surface area contributed by atoms with Gasteiger partial charge in [-0.1, -0.05) is 54.1 Å². The molecular formula is C31H31ClN4O5S. The molecule has 0 aromatic heterocycles. The third-order valence-corrected chi connectivity index (χ3v) is 8.45. The fraction of sp³-hybridized carbons (Fsp3) is 0.194. The van der Waals surface area contributed by atoms with Crippen molar-refractivity contribution >= 4 is 61.5 Å². The van der Waals surface area contributed by atoms with Gasteiger partial charge in [0.1, 0.15) is 5.92 Å². The normalized spacial score (nSPS) is 12.0. The van der Waals surface area contributed by atoms with Crippen LogP contribution in [0.2, 0.25) is 5.02 Å². The van der Waals surface area contributed by atoms with E-state index in [0.717, 1.165) is 5.39 Å². The molecule has 0 spiro atoms. The molecule has 4 aromatic rings. The molecule has 1 atom stereocenters. The van der Waals surface area contributed by atoms with Gasteiger partial charge in [0.25, 0.3) is 15.9 Å². The third kappa shape index (κ3) is 7.07. The zero-order valence-electron chi connectivity index (χ0n) is 23.1. The minimum absolute atomic E-state index is 0.0517. The lowest BCUT2D eigenvalue weighted by atomic mass is 9.97. The Morgan fingerprint density at radius 2 is 1.55 bits per heavy atom.